The second-order valence-corrected chi connectivity index (χ2v) is 6.35. The van der Waals surface area contributed by atoms with Crippen molar-refractivity contribution < 1.29 is 4.79 Å². The Labute approximate surface area is 111 Å². The quantitative estimate of drug-likeness (QED) is 0.836. The highest BCUT2D eigenvalue weighted by atomic mass is 16.2. The van der Waals surface area contributed by atoms with E-state index in [1.165, 1.54) is 32.1 Å². The Hall–Kier alpha value is -0.570. The molecule has 18 heavy (non-hydrogen) atoms. The Kier molecular flexibility index (Phi) is 5.04. The average molecular weight is 252 g/mol. The Morgan fingerprint density at radius 2 is 2.11 bits per heavy atom. The molecular formula is C15H28N2O. The van der Waals surface area contributed by atoms with E-state index in [1.807, 2.05) is 0 Å². The van der Waals surface area contributed by atoms with Crippen molar-refractivity contribution in [3.05, 3.63) is 0 Å². The Morgan fingerprint density at radius 3 is 2.78 bits per heavy atom. The largest absolute Gasteiger partial charge is 0.339 e. The van der Waals surface area contributed by atoms with Crippen molar-refractivity contribution in [1.82, 2.24) is 10.2 Å². The molecule has 2 aliphatic heterocycles. The number of carbonyl (C=O) groups excluding carboxylic acids is 1. The molecule has 2 rings (SSSR count). The molecule has 2 saturated heterocycles. The molecule has 0 aromatic heterocycles. The van der Waals surface area contributed by atoms with Crippen molar-refractivity contribution in [3.8, 4) is 0 Å². The predicted octanol–water partition coefficient (Wildman–Crippen LogP) is 2.41. The molecule has 0 spiro atoms. The fraction of sp³-hybridized carbons (Fsp3) is 0.933. The van der Waals surface area contributed by atoms with Crippen LogP contribution in [0, 0.1) is 11.8 Å². The van der Waals surface area contributed by atoms with Gasteiger partial charge in [-0.1, -0.05) is 26.7 Å². The van der Waals surface area contributed by atoms with Crippen LogP contribution in [0.2, 0.25) is 0 Å². The van der Waals surface area contributed by atoms with E-state index in [2.05, 4.69) is 24.1 Å². The molecule has 2 fully saturated rings. The maximum atomic E-state index is 12.6. The zero-order chi connectivity index (χ0) is 13.0. The summed E-state index contributed by atoms with van der Waals surface area (Å²) in [6.07, 6.45) is 7.20. The summed E-state index contributed by atoms with van der Waals surface area (Å²) >= 11 is 0. The molecule has 104 valence electrons. The molecule has 0 bridgehead atoms. The molecule has 0 radical (unpaired) electrons. The van der Waals surface area contributed by atoms with Crippen LogP contribution in [-0.4, -0.2) is 36.5 Å². The zero-order valence-corrected chi connectivity index (χ0v) is 12.0. The van der Waals surface area contributed by atoms with E-state index < -0.39 is 0 Å². The third-order valence-electron chi connectivity index (χ3n) is 4.31. The summed E-state index contributed by atoms with van der Waals surface area (Å²) in [4.78, 5) is 14.9. The van der Waals surface area contributed by atoms with E-state index in [1.54, 1.807) is 0 Å². The van der Waals surface area contributed by atoms with Gasteiger partial charge in [0.05, 0.1) is 5.92 Å². The highest BCUT2D eigenvalue weighted by molar-refractivity contribution is 5.79. The van der Waals surface area contributed by atoms with Gasteiger partial charge in [-0.05, 0) is 38.1 Å². The van der Waals surface area contributed by atoms with Crippen LogP contribution in [0.4, 0.5) is 0 Å². The first-order valence-electron chi connectivity index (χ1n) is 7.69. The van der Waals surface area contributed by atoms with Crippen molar-refractivity contribution in [2.24, 2.45) is 11.8 Å². The average Bonchev–Trinajstić information content (AvgIpc) is 2.76. The maximum Gasteiger partial charge on any atom is 0.227 e. The molecule has 2 atom stereocenters. The lowest BCUT2D eigenvalue weighted by Crippen LogP contribution is -2.44. The fourth-order valence-corrected chi connectivity index (χ4v) is 3.36. The summed E-state index contributed by atoms with van der Waals surface area (Å²) < 4.78 is 0. The molecule has 0 aromatic carbocycles. The van der Waals surface area contributed by atoms with Gasteiger partial charge in [-0.2, -0.15) is 0 Å². The third-order valence-corrected chi connectivity index (χ3v) is 4.31. The van der Waals surface area contributed by atoms with E-state index in [0.29, 0.717) is 17.9 Å². The van der Waals surface area contributed by atoms with Crippen LogP contribution in [0.25, 0.3) is 0 Å². The third kappa shape index (κ3) is 3.47. The predicted molar refractivity (Wildman–Crippen MR) is 74.4 cm³/mol. The minimum absolute atomic E-state index is 0.248. The van der Waals surface area contributed by atoms with Crippen molar-refractivity contribution >= 4 is 5.91 Å². The standard InChI is InChI=1S/C15H28N2O/c1-12(2)10-14-6-4-3-5-9-17(14)15(18)13-7-8-16-11-13/h12-14,16H,3-11H2,1-2H3. The Balaban J connectivity index is 2.01. The number of carbonyl (C=O) groups is 1. The lowest BCUT2D eigenvalue weighted by atomic mass is 9.97. The van der Waals surface area contributed by atoms with Gasteiger partial charge in [-0.25, -0.2) is 0 Å². The van der Waals surface area contributed by atoms with Gasteiger partial charge in [0.15, 0.2) is 0 Å². The minimum Gasteiger partial charge on any atom is -0.339 e. The summed E-state index contributed by atoms with van der Waals surface area (Å²) in [5.74, 6) is 1.36. The van der Waals surface area contributed by atoms with Crippen LogP contribution >= 0.6 is 0 Å². The molecule has 0 aromatic rings. The summed E-state index contributed by atoms with van der Waals surface area (Å²) in [5, 5.41) is 3.32. The summed E-state index contributed by atoms with van der Waals surface area (Å²) in [6, 6.07) is 0.501. The van der Waals surface area contributed by atoms with Crippen LogP contribution < -0.4 is 5.32 Å². The number of hydrogen-bond acceptors (Lipinski definition) is 2. The number of likely N-dealkylation sites (tertiary alicyclic amines) is 1. The van der Waals surface area contributed by atoms with Crippen LogP contribution in [0.3, 0.4) is 0 Å². The van der Waals surface area contributed by atoms with Crippen molar-refractivity contribution in [3.63, 3.8) is 0 Å². The van der Waals surface area contributed by atoms with E-state index in [0.717, 1.165) is 26.1 Å². The van der Waals surface area contributed by atoms with Gasteiger partial charge in [-0.3, -0.25) is 4.79 Å². The van der Waals surface area contributed by atoms with Crippen molar-refractivity contribution in [2.75, 3.05) is 19.6 Å². The molecule has 0 saturated carbocycles. The zero-order valence-electron chi connectivity index (χ0n) is 12.0. The number of rotatable bonds is 3. The van der Waals surface area contributed by atoms with E-state index in [4.69, 9.17) is 0 Å². The van der Waals surface area contributed by atoms with E-state index in [9.17, 15) is 4.79 Å². The van der Waals surface area contributed by atoms with Gasteiger partial charge in [0.25, 0.3) is 0 Å². The SMILES string of the molecule is CC(C)CC1CCCCCN1C(=O)C1CCNC1. The molecule has 2 unspecified atom stereocenters. The normalized spacial score (nSPS) is 29.6. The van der Waals surface area contributed by atoms with Crippen LogP contribution in [0.5, 0.6) is 0 Å². The first-order chi connectivity index (χ1) is 8.68. The van der Waals surface area contributed by atoms with Gasteiger partial charge >= 0.3 is 0 Å². The number of amides is 1. The Bertz CT molecular complexity index is 272. The Morgan fingerprint density at radius 1 is 1.28 bits per heavy atom. The van der Waals surface area contributed by atoms with Crippen LogP contribution in [-0.2, 0) is 4.79 Å². The van der Waals surface area contributed by atoms with E-state index in [-0.39, 0.29) is 5.92 Å². The number of nitrogens with one attached hydrogen (secondary N) is 1. The van der Waals surface area contributed by atoms with Gasteiger partial charge in [0.1, 0.15) is 0 Å². The highest BCUT2D eigenvalue weighted by Crippen LogP contribution is 2.25. The molecule has 1 N–H and O–H groups in total. The van der Waals surface area contributed by atoms with Gasteiger partial charge < -0.3 is 10.2 Å². The van der Waals surface area contributed by atoms with Crippen molar-refractivity contribution in [1.29, 1.82) is 0 Å². The lowest BCUT2D eigenvalue weighted by Gasteiger charge is -2.33. The molecule has 2 heterocycles. The molecule has 3 nitrogen and oxygen atoms in total. The first kappa shape index (κ1) is 13.9. The fourth-order valence-electron chi connectivity index (χ4n) is 3.36. The van der Waals surface area contributed by atoms with Crippen LogP contribution in [0.1, 0.15) is 52.4 Å². The second kappa shape index (κ2) is 6.55. The second-order valence-electron chi connectivity index (χ2n) is 6.35. The summed E-state index contributed by atoms with van der Waals surface area (Å²) in [5.41, 5.74) is 0. The van der Waals surface area contributed by atoms with E-state index >= 15 is 0 Å². The smallest absolute Gasteiger partial charge is 0.227 e. The van der Waals surface area contributed by atoms with Gasteiger partial charge in [0, 0.05) is 19.1 Å². The lowest BCUT2D eigenvalue weighted by molar-refractivity contribution is -0.137. The minimum atomic E-state index is 0.248. The van der Waals surface area contributed by atoms with Crippen molar-refractivity contribution in [2.45, 2.75) is 58.4 Å². The monoisotopic (exact) mass is 252 g/mol. The summed E-state index contributed by atoms with van der Waals surface area (Å²) in [6.45, 7) is 7.44. The van der Waals surface area contributed by atoms with Crippen LogP contribution in [0.15, 0.2) is 0 Å². The highest BCUT2D eigenvalue weighted by Gasteiger charge is 2.32. The summed E-state index contributed by atoms with van der Waals surface area (Å²) in [7, 11) is 0. The number of hydrogen-bond donors (Lipinski definition) is 1. The number of nitrogens with zero attached hydrogens (tertiary/aromatic N) is 1. The first-order valence-corrected chi connectivity index (χ1v) is 7.69. The van der Waals surface area contributed by atoms with Gasteiger partial charge in [0.2, 0.25) is 5.91 Å². The molecule has 1 amide bonds. The van der Waals surface area contributed by atoms with Gasteiger partial charge in [-0.15, -0.1) is 0 Å². The molecule has 2 aliphatic rings. The topological polar surface area (TPSA) is 32.3 Å². The molecule has 3 heteroatoms. The molecular weight excluding hydrogens is 224 g/mol. The molecule has 0 aliphatic carbocycles. The maximum absolute atomic E-state index is 12.6.